The summed E-state index contributed by atoms with van der Waals surface area (Å²) in [5.41, 5.74) is 1.56. The maximum absolute atomic E-state index is 5.65. The van der Waals surface area contributed by atoms with Gasteiger partial charge in [0.05, 0.1) is 12.3 Å². The molecule has 0 unspecified atom stereocenters. The van der Waals surface area contributed by atoms with Crippen LogP contribution in [0.5, 0.6) is 17.6 Å². The second kappa shape index (κ2) is 5.74. The van der Waals surface area contributed by atoms with Gasteiger partial charge < -0.3 is 13.9 Å². The molecule has 0 aliphatic carbocycles. The molecule has 3 rings (SSSR count). The smallest absolute Gasteiger partial charge is 0.328 e. The minimum absolute atomic E-state index is 0.140. The summed E-state index contributed by atoms with van der Waals surface area (Å²) in [7, 11) is 0. The Morgan fingerprint density at radius 3 is 2.95 bits per heavy atom. The lowest BCUT2D eigenvalue weighted by Crippen LogP contribution is -2.01. The van der Waals surface area contributed by atoms with Crippen LogP contribution < -0.4 is 9.47 Å². The van der Waals surface area contributed by atoms with E-state index in [1.54, 1.807) is 18.3 Å². The molecular weight excluding hydrogens is 272 g/mol. The largest absolute Gasteiger partial charge is 0.476 e. The third-order valence-corrected chi connectivity index (χ3v) is 2.75. The first kappa shape index (κ1) is 13.3. The first-order chi connectivity index (χ1) is 10.3. The van der Waals surface area contributed by atoms with Crippen molar-refractivity contribution in [3.8, 4) is 17.6 Å². The molecular formula is C14H14N4O3. The van der Waals surface area contributed by atoms with E-state index in [4.69, 9.17) is 13.9 Å². The Balaban J connectivity index is 1.97. The quantitative estimate of drug-likeness (QED) is 0.713. The Labute approximate surface area is 121 Å². The Morgan fingerprint density at radius 2 is 2.14 bits per heavy atom. The highest BCUT2D eigenvalue weighted by atomic mass is 16.5. The number of fused-ring (bicyclic) bond motifs is 1. The topological polar surface area (TPSA) is 83.2 Å². The molecule has 0 aliphatic heterocycles. The van der Waals surface area contributed by atoms with Crippen molar-refractivity contribution in [3.05, 3.63) is 30.4 Å². The SMILES string of the molecule is CCCOc1nc(Oc2cccnc2C)nc2ocnc12. The first-order valence-electron chi connectivity index (χ1n) is 6.61. The summed E-state index contributed by atoms with van der Waals surface area (Å²) in [6.45, 7) is 4.39. The van der Waals surface area contributed by atoms with Crippen LogP contribution in [0.2, 0.25) is 0 Å². The molecule has 0 aliphatic rings. The van der Waals surface area contributed by atoms with Gasteiger partial charge in [-0.05, 0) is 25.5 Å². The minimum Gasteiger partial charge on any atom is -0.476 e. The van der Waals surface area contributed by atoms with Crippen LogP contribution in [0.3, 0.4) is 0 Å². The number of aromatic nitrogens is 4. The van der Waals surface area contributed by atoms with Gasteiger partial charge in [-0.15, -0.1) is 0 Å². The third-order valence-electron chi connectivity index (χ3n) is 2.75. The lowest BCUT2D eigenvalue weighted by molar-refractivity contribution is 0.302. The molecule has 0 radical (unpaired) electrons. The molecule has 0 fully saturated rings. The summed E-state index contributed by atoms with van der Waals surface area (Å²) in [4.78, 5) is 16.6. The average Bonchev–Trinajstić information content (AvgIpc) is 2.95. The second-order valence-corrected chi connectivity index (χ2v) is 4.35. The molecule has 21 heavy (non-hydrogen) atoms. The summed E-state index contributed by atoms with van der Waals surface area (Å²) >= 11 is 0. The normalized spacial score (nSPS) is 10.8. The fourth-order valence-electron chi connectivity index (χ4n) is 1.74. The molecule has 3 aromatic rings. The van der Waals surface area contributed by atoms with Gasteiger partial charge in [0.15, 0.2) is 17.7 Å². The van der Waals surface area contributed by atoms with E-state index in [0.29, 0.717) is 29.5 Å². The number of hydrogen-bond donors (Lipinski definition) is 0. The second-order valence-electron chi connectivity index (χ2n) is 4.35. The molecule has 0 saturated carbocycles. The molecule has 108 valence electrons. The van der Waals surface area contributed by atoms with Gasteiger partial charge in [0.25, 0.3) is 5.71 Å². The van der Waals surface area contributed by atoms with Gasteiger partial charge in [-0.3, -0.25) is 4.98 Å². The number of hydrogen-bond acceptors (Lipinski definition) is 7. The minimum atomic E-state index is 0.140. The van der Waals surface area contributed by atoms with Crippen LogP contribution in [0.4, 0.5) is 0 Å². The van der Waals surface area contributed by atoms with Crippen LogP contribution in [0.25, 0.3) is 11.2 Å². The summed E-state index contributed by atoms with van der Waals surface area (Å²) in [6, 6.07) is 3.72. The zero-order chi connectivity index (χ0) is 14.7. The van der Waals surface area contributed by atoms with E-state index in [2.05, 4.69) is 19.9 Å². The highest BCUT2D eigenvalue weighted by Crippen LogP contribution is 2.27. The van der Waals surface area contributed by atoms with Crippen LogP contribution in [0.1, 0.15) is 19.0 Å². The van der Waals surface area contributed by atoms with Gasteiger partial charge in [-0.1, -0.05) is 6.92 Å². The van der Waals surface area contributed by atoms with Gasteiger partial charge in [0, 0.05) is 6.20 Å². The monoisotopic (exact) mass is 286 g/mol. The Bertz CT molecular complexity index is 757. The van der Waals surface area contributed by atoms with Crippen LogP contribution in [0.15, 0.2) is 29.1 Å². The maximum Gasteiger partial charge on any atom is 0.328 e. The summed E-state index contributed by atoms with van der Waals surface area (Å²) in [5, 5.41) is 0. The fraction of sp³-hybridized carbons (Fsp3) is 0.286. The lowest BCUT2D eigenvalue weighted by Gasteiger charge is -2.08. The number of aryl methyl sites for hydroxylation is 1. The highest BCUT2D eigenvalue weighted by Gasteiger charge is 2.15. The van der Waals surface area contributed by atoms with Crippen molar-refractivity contribution in [2.45, 2.75) is 20.3 Å². The standard InChI is InChI=1S/C14H14N4O3/c1-3-7-19-12-11-13(20-8-16-11)18-14(17-12)21-10-5-4-6-15-9(10)2/h4-6,8H,3,7H2,1-2H3. The molecule has 0 amide bonds. The van der Waals surface area contributed by atoms with E-state index in [9.17, 15) is 0 Å². The number of pyridine rings is 1. The van der Waals surface area contributed by atoms with Crippen molar-refractivity contribution in [3.63, 3.8) is 0 Å². The maximum atomic E-state index is 5.65. The molecule has 0 aromatic carbocycles. The summed E-state index contributed by atoms with van der Waals surface area (Å²) in [5.74, 6) is 0.935. The van der Waals surface area contributed by atoms with Crippen LogP contribution in [-0.2, 0) is 0 Å². The molecule has 0 spiro atoms. The van der Waals surface area contributed by atoms with Crippen molar-refractivity contribution in [1.82, 2.24) is 19.9 Å². The van der Waals surface area contributed by atoms with E-state index in [-0.39, 0.29) is 6.01 Å². The number of ether oxygens (including phenoxy) is 2. The van der Waals surface area contributed by atoms with Gasteiger partial charge in [-0.2, -0.15) is 9.97 Å². The molecule has 7 heteroatoms. The van der Waals surface area contributed by atoms with E-state index in [1.807, 2.05) is 13.8 Å². The fourth-order valence-corrected chi connectivity index (χ4v) is 1.74. The Hall–Kier alpha value is -2.70. The van der Waals surface area contributed by atoms with E-state index < -0.39 is 0 Å². The molecule has 0 bridgehead atoms. The van der Waals surface area contributed by atoms with E-state index in [0.717, 1.165) is 12.1 Å². The van der Waals surface area contributed by atoms with Gasteiger partial charge in [0.2, 0.25) is 5.88 Å². The average molecular weight is 286 g/mol. The van der Waals surface area contributed by atoms with Crippen LogP contribution >= 0.6 is 0 Å². The lowest BCUT2D eigenvalue weighted by atomic mass is 10.3. The zero-order valence-electron chi connectivity index (χ0n) is 11.7. The van der Waals surface area contributed by atoms with E-state index >= 15 is 0 Å². The molecule has 0 atom stereocenters. The molecule has 7 nitrogen and oxygen atoms in total. The summed E-state index contributed by atoms with van der Waals surface area (Å²) < 4.78 is 16.4. The van der Waals surface area contributed by atoms with Crippen molar-refractivity contribution < 1.29 is 13.9 Å². The third kappa shape index (κ3) is 2.76. The Morgan fingerprint density at radius 1 is 1.24 bits per heavy atom. The van der Waals surface area contributed by atoms with Crippen molar-refractivity contribution >= 4 is 11.2 Å². The number of rotatable bonds is 5. The highest BCUT2D eigenvalue weighted by molar-refractivity contribution is 5.73. The molecule has 0 N–H and O–H groups in total. The van der Waals surface area contributed by atoms with Crippen molar-refractivity contribution in [1.29, 1.82) is 0 Å². The van der Waals surface area contributed by atoms with Gasteiger partial charge in [0.1, 0.15) is 0 Å². The molecule has 0 saturated heterocycles. The van der Waals surface area contributed by atoms with Crippen LogP contribution in [0, 0.1) is 6.92 Å². The van der Waals surface area contributed by atoms with E-state index in [1.165, 1.54) is 6.39 Å². The van der Waals surface area contributed by atoms with Crippen molar-refractivity contribution in [2.75, 3.05) is 6.61 Å². The predicted octanol–water partition coefficient (Wildman–Crippen LogP) is 2.90. The first-order valence-corrected chi connectivity index (χ1v) is 6.61. The Kier molecular flexibility index (Phi) is 3.63. The van der Waals surface area contributed by atoms with Crippen molar-refractivity contribution in [2.24, 2.45) is 0 Å². The molecule has 3 aromatic heterocycles. The number of nitrogens with zero attached hydrogens (tertiary/aromatic N) is 4. The van der Waals surface area contributed by atoms with Gasteiger partial charge >= 0.3 is 6.01 Å². The summed E-state index contributed by atoms with van der Waals surface area (Å²) in [6.07, 6.45) is 3.86. The number of oxazole rings is 1. The van der Waals surface area contributed by atoms with Gasteiger partial charge in [-0.25, -0.2) is 4.98 Å². The molecule has 3 heterocycles. The van der Waals surface area contributed by atoms with Crippen LogP contribution in [-0.4, -0.2) is 26.5 Å². The predicted molar refractivity (Wildman–Crippen MR) is 74.4 cm³/mol. The zero-order valence-corrected chi connectivity index (χ0v) is 11.7.